The molecule has 0 saturated heterocycles. The fourth-order valence-corrected chi connectivity index (χ4v) is 3.66. The third-order valence-electron chi connectivity index (χ3n) is 3.75. The highest BCUT2D eigenvalue weighted by atomic mass is 35.5. The van der Waals surface area contributed by atoms with E-state index in [0.717, 1.165) is 27.2 Å². The fourth-order valence-electron chi connectivity index (χ4n) is 2.77. The number of aromatic amines is 1. The number of nitrogens with zero attached hydrogens (tertiary/aromatic N) is 1. The molecule has 0 amide bonds. The first-order valence-corrected chi connectivity index (χ1v) is 8.25. The normalized spacial score (nSPS) is 11.2. The van der Waals surface area contributed by atoms with Crippen molar-refractivity contribution in [3.63, 3.8) is 0 Å². The summed E-state index contributed by atoms with van der Waals surface area (Å²) in [6.45, 7) is 2.13. The van der Waals surface area contributed by atoms with Gasteiger partial charge < -0.3 is 4.98 Å². The number of fused-ring (bicyclic) bond motifs is 1. The van der Waals surface area contributed by atoms with Gasteiger partial charge in [0.2, 0.25) is 0 Å². The molecule has 3 aromatic heterocycles. The van der Waals surface area contributed by atoms with Crippen LogP contribution in [0.25, 0.3) is 33.3 Å². The van der Waals surface area contributed by atoms with Crippen molar-refractivity contribution in [1.29, 1.82) is 0 Å². The van der Waals surface area contributed by atoms with Crippen molar-refractivity contribution in [2.45, 2.75) is 6.92 Å². The van der Waals surface area contributed by atoms with Crippen LogP contribution < -0.4 is 0 Å². The molecule has 1 N–H and O–H groups in total. The van der Waals surface area contributed by atoms with Gasteiger partial charge in [0.15, 0.2) is 0 Å². The third-order valence-corrected chi connectivity index (χ3v) is 4.85. The standard InChI is InChI=1S/C18H13ClN2S/c1-11-7-13(10-22-11)15-5-6-20-18-17(15)16(9-21-18)12-3-2-4-14(19)8-12/h2-10H,1H3,(H,20,21). The van der Waals surface area contributed by atoms with Gasteiger partial charge >= 0.3 is 0 Å². The minimum atomic E-state index is 0.740. The molecule has 1 aromatic carbocycles. The Kier molecular flexibility index (Phi) is 3.25. The molecule has 22 heavy (non-hydrogen) atoms. The predicted octanol–water partition coefficient (Wildman–Crippen LogP) is 5.92. The average Bonchev–Trinajstić information content (AvgIpc) is 3.13. The van der Waals surface area contributed by atoms with Crippen LogP contribution in [0.1, 0.15) is 4.88 Å². The molecule has 0 spiro atoms. The summed E-state index contributed by atoms with van der Waals surface area (Å²) in [6, 6.07) is 12.2. The molecule has 108 valence electrons. The molecule has 0 aliphatic heterocycles. The second-order valence-electron chi connectivity index (χ2n) is 5.24. The third kappa shape index (κ3) is 2.23. The minimum Gasteiger partial charge on any atom is -0.345 e. The molecule has 0 fully saturated rings. The number of pyridine rings is 1. The maximum Gasteiger partial charge on any atom is 0.138 e. The Morgan fingerprint density at radius 3 is 2.77 bits per heavy atom. The molecule has 2 nitrogen and oxygen atoms in total. The van der Waals surface area contributed by atoms with Crippen LogP contribution >= 0.6 is 22.9 Å². The van der Waals surface area contributed by atoms with Crippen molar-refractivity contribution < 1.29 is 0 Å². The van der Waals surface area contributed by atoms with E-state index in [1.165, 1.54) is 16.0 Å². The molecule has 4 heteroatoms. The summed E-state index contributed by atoms with van der Waals surface area (Å²) in [5.74, 6) is 0. The van der Waals surface area contributed by atoms with Gasteiger partial charge in [0.25, 0.3) is 0 Å². The van der Waals surface area contributed by atoms with Gasteiger partial charge in [-0.3, -0.25) is 0 Å². The fraction of sp³-hybridized carbons (Fsp3) is 0.0556. The Morgan fingerprint density at radius 1 is 1.09 bits per heavy atom. The van der Waals surface area contributed by atoms with Crippen LogP contribution in [-0.2, 0) is 0 Å². The van der Waals surface area contributed by atoms with E-state index in [-0.39, 0.29) is 0 Å². The smallest absolute Gasteiger partial charge is 0.138 e. The number of halogens is 1. The summed E-state index contributed by atoms with van der Waals surface area (Å²) in [7, 11) is 0. The maximum atomic E-state index is 6.15. The summed E-state index contributed by atoms with van der Waals surface area (Å²) >= 11 is 7.91. The Hall–Kier alpha value is -2.10. The number of thiophene rings is 1. The van der Waals surface area contributed by atoms with Crippen molar-refractivity contribution in [2.75, 3.05) is 0 Å². The van der Waals surface area contributed by atoms with Crippen molar-refractivity contribution in [1.82, 2.24) is 9.97 Å². The zero-order valence-corrected chi connectivity index (χ0v) is 13.5. The summed E-state index contributed by atoms with van der Waals surface area (Å²) in [5.41, 5.74) is 5.56. The van der Waals surface area contributed by atoms with Crippen LogP contribution in [0.3, 0.4) is 0 Å². The lowest BCUT2D eigenvalue weighted by Crippen LogP contribution is -1.83. The van der Waals surface area contributed by atoms with Gasteiger partial charge in [0.1, 0.15) is 5.65 Å². The largest absolute Gasteiger partial charge is 0.345 e. The SMILES string of the molecule is Cc1cc(-c2ccnc3[nH]cc(-c4cccc(Cl)c4)c23)cs1. The van der Waals surface area contributed by atoms with Gasteiger partial charge in [0, 0.05) is 33.2 Å². The maximum absolute atomic E-state index is 6.15. The molecule has 0 unspecified atom stereocenters. The topological polar surface area (TPSA) is 28.7 Å². The lowest BCUT2D eigenvalue weighted by molar-refractivity contribution is 1.33. The number of rotatable bonds is 2. The van der Waals surface area contributed by atoms with Crippen LogP contribution in [-0.4, -0.2) is 9.97 Å². The first kappa shape index (κ1) is 13.6. The lowest BCUT2D eigenvalue weighted by atomic mass is 9.99. The van der Waals surface area contributed by atoms with E-state index in [4.69, 9.17) is 11.6 Å². The number of aromatic nitrogens is 2. The minimum absolute atomic E-state index is 0.740. The zero-order valence-electron chi connectivity index (χ0n) is 11.9. The first-order valence-electron chi connectivity index (χ1n) is 7.00. The lowest BCUT2D eigenvalue weighted by Gasteiger charge is -2.05. The molecule has 4 rings (SSSR count). The quantitative estimate of drug-likeness (QED) is 0.487. The van der Waals surface area contributed by atoms with Crippen LogP contribution in [0.5, 0.6) is 0 Å². The van der Waals surface area contributed by atoms with E-state index in [1.54, 1.807) is 11.3 Å². The number of benzene rings is 1. The molecule has 4 aromatic rings. The van der Waals surface area contributed by atoms with E-state index in [2.05, 4.69) is 40.5 Å². The Balaban J connectivity index is 2.01. The van der Waals surface area contributed by atoms with Crippen molar-refractivity contribution in [2.24, 2.45) is 0 Å². The number of H-pyrrole nitrogens is 1. The van der Waals surface area contributed by atoms with E-state index in [9.17, 15) is 0 Å². The second kappa shape index (κ2) is 5.27. The monoisotopic (exact) mass is 324 g/mol. The van der Waals surface area contributed by atoms with Gasteiger partial charge in [-0.15, -0.1) is 11.3 Å². The van der Waals surface area contributed by atoms with Gasteiger partial charge in [0.05, 0.1) is 0 Å². The van der Waals surface area contributed by atoms with E-state index >= 15 is 0 Å². The molecule has 0 atom stereocenters. The van der Waals surface area contributed by atoms with E-state index in [0.29, 0.717) is 0 Å². The van der Waals surface area contributed by atoms with Crippen molar-refractivity contribution in [3.8, 4) is 22.3 Å². The summed E-state index contributed by atoms with van der Waals surface area (Å²) in [4.78, 5) is 9.04. The van der Waals surface area contributed by atoms with Crippen LogP contribution in [0, 0.1) is 6.92 Å². The Morgan fingerprint density at radius 2 is 2.00 bits per heavy atom. The van der Waals surface area contributed by atoms with Gasteiger partial charge in [-0.2, -0.15) is 0 Å². The van der Waals surface area contributed by atoms with Gasteiger partial charge in [-0.05, 0) is 53.3 Å². The van der Waals surface area contributed by atoms with Gasteiger partial charge in [-0.25, -0.2) is 4.98 Å². The zero-order chi connectivity index (χ0) is 15.1. The van der Waals surface area contributed by atoms with Crippen LogP contribution in [0.4, 0.5) is 0 Å². The molecule has 0 radical (unpaired) electrons. The van der Waals surface area contributed by atoms with Crippen molar-refractivity contribution in [3.05, 3.63) is 64.1 Å². The molecular formula is C18H13ClN2S. The molecule has 0 saturated carbocycles. The highest BCUT2D eigenvalue weighted by Crippen LogP contribution is 2.37. The Bertz CT molecular complexity index is 968. The number of hydrogen-bond acceptors (Lipinski definition) is 2. The summed E-state index contributed by atoms with van der Waals surface area (Å²) in [5, 5.41) is 4.07. The number of aryl methyl sites for hydroxylation is 1. The van der Waals surface area contributed by atoms with E-state index in [1.807, 2.05) is 30.6 Å². The first-order chi connectivity index (χ1) is 10.7. The van der Waals surface area contributed by atoms with E-state index < -0.39 is 0 Å². The summed E-state index contributed by atoms with van der Waals surface area (Å²) < 4.78 is 0. The molecule has 3 heterocycles. The molecule has 0 aliphatic carbocycles. The van der Waals surface area contributed by atoms with Gasteiger partial charge in [-0.1, -0.05) is 23.7 Å². The second-order valence-corrected chi connectivity index (χ2v) is 6.79. The number of nitrogens with one attached hydrogen (secondary N) is 1. The highest BCUT2D eigenvalue weighted by molar-refractivity contribution is 7.10. The number of hydrogen-bond donors (Lipinski definition) is 1. The van der Waals surface area contributed by atoms with Crippen LogP contribution in [0.2, 0.25) is 5.02 Å². The molecular weight excluding hydrogens is 312 g/mol. The summed E-state index contributed by atoms with van der Waals surface area (Å²) in [6.07, 6.45) is 3.86. The Labute approximate surface area is 137 Å². The molecule has 0 bridgehead atoms. The molecule has 0 aliphatic rings. The predicted molar refractivity (Wildman–Crippen MR) is 94.6 cm³/mol. The van der Waals surface area contributed by atoms with Crippen LogP contribution in [0.15, 0.2) is 54.2 Å². The average molecular weight is 325 g/mol. The van der Waals surface area contributed by atoms with Crippen molar-refractivity contribution >= 4 is 34.0 Å². The highest BCUT2D eigenvalue weighted by Gasteiger charge is 2.13.